The van der Waals surface area contributed by atoms with Gasteiger partial charge in [-0.3, -0.25) is 0 Å². The Hall–Kier alpha value is -1.68. The van der Waals surface area contributed by atoms with E-state index in [4.69, 9.17) is 5.73 Å². The quantitative estimate of drug-likeness (QED) is 0.645. The number of unbranched alkanes of at least 4 members (excludes halogenated alkanes) is 2. The number of hydrogen-bond acceptors (Lipinski definition) is 4. The molecule has 98 valence electrons. The summed E-state index contributed by atoms with van der Waals surface area (Å²) in [6.45, 7) is 2.67. The molecule has 1 aliphatic heterocycles. The van der Waals surface area contributed by atoms with Gasteiger partial charge in [0.25, 0.3) is 0 Å². The van der Waals surface area contributed by atoms with Crippen molar-refractivity contribution in [3.8, 4) is 0 Å². The summed E-state index contributed by atoms with van der Waals surface area (Å²) < 4.78 is 0. The molecule has 0 unspecified atom stereocenters. The summed E-state index contributed by atoms with van der Waals surface area (Å²) in [5.41, 5.74) is 7.86. The van der Waals surface area contributed by atoms with Crippen LogP contribution in [0.15, 0.2) is 36.7 Å². The predicted octanol–water partition coefficient (Wildman–Crippen LogP) is 2.07. The Morgan fingerprint density at radius 3 is 2.67 bits per heavy atom. The molecule has 4 nitrogen and oxygen atoms in total. The molecule has 4 N–H and O–H groups in total. The van der Waals surface area contributed by atoms with Crippen LogP contribution >= 0.6 is 0 Å². The lowest BCUT2D eigenvalue weighted by Crippen LogP contribution is -2.19. The third-order valence-electron chi connectivity index (χ3n) is 3.04. The fourth-order valence-electron chi connectivity index (χ4n) is 1.97. The van der Waals surface area contributed by atoms with Crippen LogP contribution in [0.1, 0.15) is 19.3 Å². The first-order valence-corrected chi connectivity index (χ1v) is 6.61. The fraction of sp³-hybridized carbons (Fsp3) is 0.429. The highest BCUT2D eigenvalue weighted by atomic mass is 15.2. The molecule has 1 heterocycles. The van der Waals surface area contributed by atoms with Crippen LogP contribution < -0.4 is 21.3 Å². The minimum atomic E-state index is 0.798. The first kappa shape index (κ1) is 12.8. The van der Waals surface area contributed by atoms with E-state index in [-0.39, 0.29) is 0 Å². The zero-order valence-electron chi connectivity index (χ0n) is 10.7. The van der Waals surface area contributed by atoms with Crippen molar-refractivity contribution in [2.45, 2.75) is 19.3 Å². The lowest BCUT2D eigenvalue weighted by Gasteiger charge is -2.15. The van der Waals surface area contributed by atoms with Gasteiger partial charge in [0, 0.05) is 30.3 Å². The standard InChI is InChI=1S/C14H22N4/c15-8-2-1-3-9-17-13-4-6-14(7-5-13)18-11-10-16-12-18/h4-7,10-11,16-17H,1-3,8-9,12,15H2. The highest BCUT2D eigenvalue weighted by Gasteiger charge is 2.05. The van der Waals surface area contributed by atoms with Crippen LogP contribution in [0.25, 0.3) is 0 Å². The average molecular weight is 246 g/mol. The van der Waals surface area contributed by atoms with E-state index in [1.807, 2.05) is 6.20 Å². The largest absolute Gasteiger partial charge is 0.385 e. The van der Waals surface area contributed by atoms with Crippen molar-refractivity contribution >= 4 is 11.4 Å². The normalized spacial score (nSPS) is 13.7. The second kappa shape index (κ2) is 6.91. The van der Waals surface area contributed by atoms with E-state index >= 15 is 0 Å². The van der Waals surface area contributed by atoms with E-state index in [1.54, 1.807) is 0 Å². The molecule has 18 heavy (non-hydrogen) atoms. The van der Waals surface area contributed by atoms with Crippen LogP contribution in [-0.4, -0.2) is 19.8 Å². The highest BCUT2D eigenvalue weighted by Crippen LogP contribution is 2.19. The Morgan fingerprint density at radius 2 is 2.00 bits per heavy atom. The maximum Gasteiger partial charge on any atom is 0.0916 e. The van der Waals surface area contributed by atoms with Crippen molar-refractivity contribution in [2.24, 2.45) is 5.73 Å². The van der Waals surface area contributed by atoms with Crippen molar-refractivity contribution in [1.82, 2.24) is 5.32 Å². The molecule has 0 fully saturated rings. The van der Waals surface area contributed by atoms with Crippen molar-refractivity contribution in [3.63, 3.8) is 0 Å². The Labute approximate surface area is 109 Å². The first-order chi connectivity index (χ1) is 8.90. The lowest BCUT2D eigenvalue weighted by molar-refractivity contribution is 0.707. The van der Waals surface area contributed by atoms with Crippen LogP contribution in [0, 0.1) is 0 Å². The number of hydrogen-bond donors (Lipinski definition) is 3. The molecule has 0 atom stereocenters. The van der Waals surface area contributed by atoms with Gasteiger partial charge in [0.05, 0.1) is 6.67 Å². The fourth-order valence-corrected chi connectivity index (χ4v) is 1.97. The summed E-state index contributed by atoms with van der Waals surface area (Å²) in [6, 6.07) is 8.54. The molecule has 0 radical (unpaired) electrons. The lowest BCUT2D eigenvalue weighted by atomic mass is 10.2. The van der Waals surface area contributed by atoms with Gasteiger partial charge in [-0.1, -0.05) is 6.42 Å². The average Bonchev–Trinajstić information content (AvgIpc) is 2.93. The summed E-state index contributed by atoms with van der Waals surface area (Å²) in [6.07, 6.45) is 7.51. The number of nitrogens with two attached hydrogens (primary N) is 1. The van der Waals surface area contributed by atoms with Gasteiger partial charge in [-0.25, -0.2) is 0 Å². The number of nitrogens with zero attached hydrogens (tertiary/aromatic N) is 1. The topological polar surface area (TPSA) is 53.3 Å². The third-order valence-corrected chi connectivity index (χ3v) is 3.04. The molecule has 1 aromatic carbocycles. The van der Waals surface area contributed by atoms with Gasteiger partial charge < -0.3 is 21.3 Å². The van der Waals surface area contributed by atoms with E-state index in [1.165, 1.54) is 24.2 Å². The van der Waals surface area contributed by atoms with Crippen molar-refractivity contribution < 1.29 is 0 Å². The Morgan fingerprint density at radius 1 is 1.17 bits per heavy atom. The van der Waals surface area contributed by atoms with Crippen LogP contribution in [0.5, 0.6) is 0 Å². The van der Waals surface area contributed by atoms with Gasteiger partial charge in [0.1, 0.15) is 0 Å². The molecule has 0 saturated heterocycles. The van der Waals surface area contributed by atoms with Gasteiger partial charge in [-0.15, -0.1) is 0 Å². The van der Waals surface area contributed by atoms with Crippen molar-refractivity contribution in [2.75, 3.05) is 30.0 Å². The third kappa shape index (κ3) is 3.67. The molecule has 0 saturated carbocycles. The predicted molar refractivity (Wildman–Crippen MR) is 77.5 cm³/mol. The SMILES string of the molecule is NCCCCCNc1ccc(N2C=CNC2)cc1. The van der Waals surface area contributed by atoms with E-state index in [2.05, 4.69) is 46.0 Å². The minimum Gasteiger partial charge on any atom is -0.385 e. The Bertz CT molecular complexity index is 372. The molecule has 0 aromatic heterocycles. The highest BCUT2D eigenvalue weighted by molar-refractivity contribution is 5.57. The first-order valence-electron chi connectivity index (χ1n) is 6.61. The Balaban J connectivity index is 1.75. The van der Waals surface area contributed by atoms with Crippen molar-refractivity contribution in [1.29, 1.82) is 0 Å². The van der Waals surface area contributed by atoms with Crippen LogP contribution in [0.4, 0.5) is 11.4 Å². The van der Waals surface area contributed by atoms with Gasteiger partial charge >= 0.3 is 0 Å². The maximum absolute atomic E-state index is 5.46. The number of nitrogens with one attached hydrogen (secondary N) is 2. The van der Waals surface area contributed by atoms with Crippen LogP contribution in [0.2, 0.25) is 0 Å². The van der Waals surface area contributed by atoms with Gasteiger partial charge in [0.2, 0.25) is 0 Å². The molecule has 0 amide bonds. The van der Waals surface area contributed by atoms with E-state index in [0.29, 0.717) is 0 Å². The number of rotatable bonds is 7. The maximum atomic E-state index is 5.46. The molecular formula is C14H22N4. The van der Waals surface area contributed by atoms with Gasteiger partial charge in [0.15, 0.2) is 0 Å². The molecule has 4 heteroatoms. The van der Waals surface area contributed by atoms with E-state index in [9.17, 15) is 0 Å². The summed E-state index contributed by atoms with van der Waals surface area (Å²) in [5.74, 6) is 0. The van der Waals surface area contributed by atoms with Crippen LogP contribution in [0.3, 0.4) is 0 Å². The van der Waals surface area contributed by atoms with E-state index in [0.717, 1.165) is 26.2 Å². The molecule has 1 aliphatic rings. The number of anilines is 2. The molecule has 0 aliphatic carbocycles. The summed E-state index contributed by atoms with van der Waals surface area (Å²) in [5, 5.41) is 6.59. The number of benzene rings is 1. The van der Waals surface area contributed by atoms with E-state index < -0.39 is 0 Å². The summed E-state index contributed by atoms with van der Waals surface area (Å²) in [7, 11) is 0. The zero-order chi connectivity index (χ0) is 12.6. The van der Waals surface area contributed by atoms with Crippen LogP contribution in [-0.2, 0) is 0 Å². The molecular weight excluding hydrogens is 224 g/mol. The van der Waals surface area contributed by atoms with Gasteiger partial charge in [-0.05, 0) is 43.7 Å². The monoisotopic (exact) mass is 246 g/mol. The smallest absolute Gasteiger partial charge is 0.0916 e. The minimum absolute atomic E-state index is 0.798. The second-order valence-corrected chi connectivity index (χ2v) is 4.47. The van der Waals surface area contributed by atoms with Gasteiger partial charge in [-0.2, -0.15) is 0 Å². The molecule has 1 aromatic rings. The molecule has 0 bridgehead atoms. The Kier molecular flexibility index (Phi) is 4.90. The summed E-state index contributed by atoms with van der Waals surface area (Å²) >= 11 is 0. The molecule has 0 spiro atoms. The summed E-state index contributed by atoms with van der Waals surface area (Å²) in [4.78, 5) is 2.17. The zero-order valence-corrected chi connectivity index (χ0v) is 10.7. The molecule has 2 rings (SSSR count). The second-order valence-electron chi connectivity index (χ2n) is 4.47. The van der Waals surface area contributed by atoms with Crippen molar-refractivity contribution in [3.05, 3.63) is 36.7 Å².